The van der Waals surface area contributed by atoms with Crippen LogP contribution in [0.15, 0.2) is 24.3 Å². The number of ether oxygens (including phenoxy) is 1. The lowest BCUT2D eigenvalue weighted by molar-refractivity contribution is 0.0724. The Hall–Kier alpha value is -1.30. The van der Waals surface area contributed by atoms with Crippen LogP contribution in [0.3, 0.4) is 0 Å². The highest BCUT2D eigenvalue weighted by Gasteiger charge is 2.16. The third-order valence-corrected chi connectivity index (χ3v) is 3.37. The molecule has 0 aromatic heterocycles. The lowest BCUT2D eigenvalue weighted by Crippen LogP contribution is -2.47. The second-order valence-electron chi connectivity index (χ2n) is 4.68. The Labute approximate surface area is 114 Å². The highest BCUT2D eigenvalue weighted by Crippen LogP contribution is 2.19. The van der Waals surface area contributed by atoms with Gasteiger partial charge in [-0.3, -0.25) is 4.90 Å². The highest BCUT2D eigenvalue weighted by molar-refractivity contribution is 5.49. The summed E-state index contributed by atoms with van der Waals surface area (Å²) in [5.74, 6) is 0.309. The van der Waals surface area contributed by atoms with Gasteiger partial charge >= 0.3 is 0 Å². The van der Waals surface area contributed by atoms with Crippen LogP contribution >= 0.6 is 0 Å². The fourth-order valence-corrected chi connectivity index (χ4v) is 2.25. The molecule has 0 atom stereocenters. The minimum atomic E-state index is 0.0919. The summed E-state index contributed by atoms with van der Waals surface area (Å²) >= 11 is 0. The maximum absolute atomic E-state index is 9.28. The first-order valence-corrected chi connectivity index (χ1v) is 6.74. The van der Waals surface area contributed by atoms with Crippen LogP contribution in [0.4, 0.5) is 5.69 Å². The number of aliphatic hydroxyl groups is 1. The molecule has 106 valence electrons. The first kappa shape index (κ1) is 14.1. The van der Waals surface area contributed by atoms with Gasteiger partial charge in [-0.25, -0.2) is 0 Å². The first-order chi connectivity index (χ1) is 9.29. The number of anilines is 1. The van der Waals surface area contributed by atoms with Gasteiger partial charge in [-0.05, 0) is 24.3 Å². The third-order valence-electron chi connectivity index (χ3n) is 3.37. The molecule has 1 saturated heterocycles. The predicted molar refractivity (Wildman–Crippen MR) is 74.7 cm³/mol. The molecule has 0 unspecified atom stereocenters. The molecule has 1 aliphatic heterocycles. The number of aromatic hydroxyl groups is 1. The number of phenols is 1. The van der Waals surface area contributed by atoms with Crippen LogP contribution in [-0.4, -0.2) is 67.7 Å². The monoisotopic (exact) mass is 266 g/mol. The third kappa shape index (κ3) is 4.38. The van der Waals surface area contributed by atoms with Gasteiger partial charge in [-0.15, -0.1) is 0 Å². The molecule has 0 bridgehead atoms. The molecule has 1 aromatic rings. The number of hydrogen-bond donors (Lipinski definition) is 2. The van der Waals surface area contributed by atoms with Gasteiger partial charge in [0.05, 0.1) is 19.8 Å². The van der Waals surface area contributed by atoms with E-state index in [0.717, 1.165) is 38.4 Å². The molecule has 19 heavy (non-hydrogen) atoms. The van der Waals surface area contributed by atoms with Gasteiger partial charge in [0.15, 0.2) is 0 Å². The van der Waals surface area contributed by atoms with Crippen molar-refractivity contribution in [1.82, 2.24) is 4.90 Å². The fourth-order valence-electron chi connectivity index (χ4n) is 2.25. The average molecular weight is 266 g/mol. The Morgan fingerprint density at radius 3 is 2.32 bits per heavy atom. The van der Waals surface area contributed by atoms with Gasteiger partial charge in [0, 0.05) is 38.4 Å². The zero-order valence-corrected chi connectivity index (χ0v) is 11.2. The molecule has 0 saturated carbocycles. The normalized spacial score (nSPS) is 16.8. The fraction of sp³-hybridized carbons (Fsp3) is 0.571. The van der Waals surface area contributed by atoms with Crippen LogP contribution < -0.4 is 4.90 Å². The maximum atomic E-state index is 9.28. The summed E-state index contributed by atoms with van der Waals surface area (Å²) in [6, 6.07) is 7.36. The number of rotatable bonds is 6. The van der Waals surface area contributed by atoms with Crippen molar-refractivity contribution < 1.29 is 14.9 Å². The Kier molecular flexibility index (Phi) is 5.44. The van der Waals surface area contributed by atoms with Crippen LogP contribution in [0.25, 0.3) is 0 Å². The minimum absolute atomic E-state index is 0.0919. The zero-order valence-electron chi connectivity index (χ0n) is 11.2. The van der Waals surface area contributed by atoms with E-state index in [1.54, 1.807) is 12.1 Å². The van der Waals surface area contributed by atoms with E-state index in [0.29, 0.717) is 19.0 Å². The van der Waals surface area contributed by atoms with E-state index in [1.807, 2.05) is 12.1 Å². The van der Waals surface area contributed by atoms with Crippen LogP contribution in [-0.2, 0) is 4.74 Å². The highest BCUT2D eigenvalue weighted by atomic mass is 16.5. The number of piperazine rings is 1. The summed E-state index contributed by atoms with van der Waals surface area (Å²) in [7, 11) is 0. The molecule has 1 fully saturated rings. The molecule has 0 radical (unpaired) electrons. The predicted octanol–water partition coefficient (Wildman–Crippen LogP) is 0.523. The Morgan fingerprint density at radius 2 is 1.68 bits per heavy atom. The summed E-state index contributed by atoms with van der Waals surface area (Å²) in [5, 5.41) is 17.9. The number of benzene rings is 1. The van der Waals surface area contributed by atoms with Gasteiger partial charge < -0.3 is 19.8 Å². The summed E-state index contributed by atoms with van der Waals surface area (Å²) < 4.78 is 5.28. The van der Waals surface area contributed by atoms with Crippen LogP contribution in [0.5, 0.6) is 5.75 Å². The molecule has 1 heterocycles. The summed E-state index contributed by atoms with van der Waals surface area (Å²) in [6.07, 6.45) is 0. The second kappa shape index (κ2) is 7.33. The molecule has 5 heteroatoms. The van der Waals surface area contributed by atoms with E-state index in [9.17, 15) is 5.11 Å². The topological polar surface area (TPSA) is 56.2 Å². The molecule has 0 amide bonds. The van der Waals surface area contributed by atoms with Crippen LogP contribution in [0.1, 0.15) is 0 Å². The number of nitrogens with zero attached hydrogens (tertiary/aromatic N) is 2. The van der Waals surface area contributed by atoms with Crippen molar-refractivity contribution >= 4 is 5.69 Å². The van der Waals surface area contributed by atoms with Gasteiger partial charge in [0.25, 0.3) is 0 Å². The SMILES string of the molecule is OCCOCCN1CCN(c2ccc(O)cc2)CC1. The quantitative estimate of drug-likeness (QED) is 0.735. The lowest BCUT2D eigenvalue weighted by atomic mass is 10.2. The van der Waals surface area contributed by atoms with Gasteiger partial charge in [-0.2, -0.15) is 0 Å². The van der Waals surface area contributed by atoms with Crippen molar-refractivity contribution in [3.8, 4) is 5.75 Å². The summed E-state index contributed by atoms with van der Waals surface area (Å²) in [4.78, 5) is 4.69. The standard InChI is InChI=1S/C14H22N2O3/c17-10-12-19-11-9-15-5-7-16(8-6-15)13-1-3-14(18)4-2-13/h1-4,17-18H,5-12H2. The van der Waals surface area contributed by atoms with Crippen LogP contribution in [0, 0.1) is 0 Å². The first-order valence-electron chi connectivity index (χ1n) is 6.74. The zero-order chi connectivity index (χ0) is 13.5. The average Bonchev–Trinajstić information content (AvgIpc) is 2.45. The molecule has 1 aliphatic rings. The molecule has 1 aromatic carbocycles. The van der Waals surface area contributed by atoms with E-state index >= 15 is 0 Å². The Bertz CT molecular complexity index is 361. The molecule has 2 N–H and O–H groups in total. The van der Waals surface area contributed by atoms with E-state index in [2.05, 4.69) is 9.80 Å². The Balaban J connectivity index is 1.71. The van der Waals surface area contributed by atoms with Gasteiger partial charge in [-0.1, -0.05) is 0 Å². The number of aliphatic hydroxyl groups excluding tert-OH is 1. The Morgan fingerprint density at radius 1 is 1.00 bits per heavy atom. The molecule has 0 aliphatic carbocycles. The largest absolute Gasteiger partial charge is 0.508 e. The summed E-state index contributed by atoms with van der Waals surface area (Å²) in [5.41, 5.74) is 1.16. The molecule has 0 spiro atoms. The summed E-state index contributed by atoms with van der Waals surface area (Å²) in [6.45, 7) is 6.13. The molecular formula is C14H22N2O3. The van der Waals surface area contributed by atoms with Crippen molar-refractivity contribution in [2.24, 2.45) is 0 Å². The molecule has 5 nitrogen and oxygen atoms in total. The van der Waals surface area contributed by atoms with Crippen molar-refractivity contribution in [2.75, 3.05) is 57.4 Å². The van der Waals surface area contributed by atoms with Crippen molar-refractivity contribution in [3.05, 3.63) is 24.3 Å². The van der Waals surface area contributed by atoms with E-state index < -0.39 is 0 Å². The number of phenolic OH excluding ortho intramolecular Hbond substituents is 1. The van der Waals surface area contributed by atoms with E-state index in [-0.39, 0.29) is 6.61 Å². The van der Waals surface area contributed by atoms with Crippen LogP contribution in [0.2, 0.25) is 0 Å². The minimum Gasteiger partial charge on any atom is -0.508 e. The maximum Gasteiger partial charge on any atom is 0.115 e. The lowest BCUT2D eigenvalue weighted by Gasteiger charge is -2.36. The molecule has 2 rings (SSSR count). The second-order valence-corrected chi connectivity index (χ2v) is 4.68. The van der Waals surface area contributed by atoms with Crippen molar-refractivity contribution in [2.45, 2.75) is 0 Å². The van der Waals surface area contributed by atoms with Crippen molar-refractivity contribution in [3.63, 3.8) is 0 Å². The van der Waals surface area contributed by atoms with Gasteiger partial charge in [0.2, 0.25) is 0 Å². The van der Waals surface area contributed by atoms with E-state index in [4.69, 9.17) is 9.84 Å². The van der Waals surface area contributed by atoms with Gasteiger partial charge in [0.1, 0.15) is 5.75 Å². The van der Waals surface area contributed by atoms with E-state index in [1.165, 1.54) is 0 Å². The van der Waals surface area contributed by atoms with Crippen molar-refractivity contribution in [1.29, 1.82) is 0 Å². The number of hydrogen-bond acceptors (Lipinski definition) is 5. The smallest absolute Gasteiger partial charge is 0.115 e. The molecular weight excluding hydrogens is 244 g/mol.